The number of nitrogens with zero attached hydrogens (tertiary/aromatic N) is 3. The fourth-order valence-electron chi connectivity index (χ4n) is 6.18. The molecule has 1 amide bonds. The summed E-state index contributed by atoms with van der Waals surface area (Å²) < 4.78 is 5.24. The first-order valence-corrected chi connectivity index (χ1v) is 16.9. The van der Waals surface area contributed by atoms with E-state index < -0.39 is 11.8 Å². The van der Waals surface area contributed by atoms with Gasteiger partial charge in [-0.25, -0.2) is 0 Å². The van der Waals surface area contributed by atoms with Crippen LogP contribution in [0.3, 0.4) is 0 Å². The maximum atomic E-state index is 13.8. The Bertz CT molecular complexity index is 787. The minimum atomic E-state index is -0.779. The normalized spacial score (nSPS) is 19.3. The lowest BCUT2D eigenvalue weighted by Crippen LogP contribution is -2.58. The average Bonchev–Trinajstić information content (AvgIpc) is 2.94. The van der Waals surface area contributed by atoms with Gasteiger partial charge in [0.25, 0.3) is 0 Å². The number of carbonyl (C=O) groups is 1. The standard InChI is InChI=1S/C34H69N5O4/c1-12-26(31(40)38-18-15-27(16-19-38)34(8,9)42)21-28(13-2)39(23-25(3)4)32(41)29(22-36-24-33(5,6)7)30(35-10)37-17-14-20-43-11/h22,25-30,32,35,37,41-42H,12-21,23-24H2,1-11H3/b36-22-/t26-,28+,29?,30?,32?/m0/s1. The first-order valence-electron chi connectivity index (χ1n) is 16.9. The number of methoxy groups -OCH3 is 1. The molecule has 1 aliphatic heterocycles. The summed E-state index contributed by atoms with van der Waals surface area (Å²) in [6.07, 6.45) is 5.83. The molecule has 43 heavy (non-hydrogen) atoms. The van der Waals surface area contributed by atoms with E-state index in [1.165, 1.54) is 0 Å². The van der Waals surface area contributed by atoms with E-state index in [2.05, 4.69) is 64.0 Å². The molecule has 1 rings (SSSR count). The van der Waals surface area contributed by atoms with Gasteiger partial charge in [-0.3, -0.25) is 14.7 Å². The van der Waals surface area contributed by atoms with Gasteiger partial charge >= 0.3 is 0 Å². The quantitative estimate of drug-likeness (QED) is 0.0920. The number of carbonyl (C=O) groups excluding carboxylic acids is 1. The van der Waals surface area contributed by atoms with Crippen LogP contribution in [0.1, 0.15) is 101 Å². The molecule has 1 saturated heterocycles. The van der Waals surface area contributed by atoms with E-state index in [4.69, 9.17) is 9.73 Å². The third kappa shape index (κ3) is 14.3. The van der Waals surface area contributed by atoms with Gasteiger partial charge in [-0.2, -0.15) is 0 Å². The maximum absolute atomic E-state index is 13.8. The molecule has 0 spiro atoms. The number of likely N-dealkylation sites (tertiary alicyclic amines) is 1. The number of aliphatic hydroxyl groups excluding tert-OH is 1. The van der Waals surface area contributed by atoms with Crippen molar-refractivity contribution in [3.8, 4) is 0 Å². The second-order valence-corrected chi connectivity index (χ2v) is 14.9. The first kappa shape index (κ1) is 39.9. The molecule has 1 heterocycles. The summed E-state index contributed by atoms with van der Waals surface area (Å²) in [6.45, 7) is 23.1. The predicted octanol–water partition coefficient (Wildman–Crippen LogP) is 4.37. The van der Waals surface area contributed by atoms with E-state index in [-0.39, 0.29) is 41.3 Å². The Balaban J connectivity index is 3.23. The van der Waals surface area contributed by atoms with Crippen LogP contribution in [0.25, 0.3) is 0 Å². The highest BCUT2D eigenvalue weighted by Gasteiger charge is 2.38. The van der Waals surface area contributed by atoms with E-state index in [0.29, 0.717) is 38.6 Å². The number of hydrogen-bond acceptors (Lipinski definition) is 8. The summed E-state index contributed by atoms with van der Waals surface area (Å²) in [5.41, 5.74) is -0.663. The largest absolute Gasteiger partial charge is 0.390 e. The third-order valence-electron chi connectivity index (χ3n) is 8.83. The van der Waals surface area contributed by atoms with Crippen LogP contribution in [-0.2, 0) is 9.53 Å². The molecule has 0 aromatic rings. The molecule has 0 aromatic heterocycles. The number of ether oxygens (including phenoxy) is 1. The molecule has 0 aromatic carbocycles. The SMILES string of the molecule is CC[C@@H](C[C@@H](CC)N(CC(C)C)C(O)C(/C=N\CC(C)(C)C)C(NC)NCCCOC)C(=O)N1CCC(C(C)(C)O)CC1. The number of rotatable bonds is 20. The van der Waals surface area contributed by atoms with Gasteiger partial charge in [0.15, 0.2) is 0 Å². The van der Waals surface area contributed by atoms with Crippen LogP contribution >= 0.6 is 0 Å². The lowest BCUT2D eigenvalue weighted by Gasteiger charge is -2.43. The smallest absolute Gasteiger partial charge is 0.225 e. The minimum absolute atomic E-state index is 0.0460. The Morgan fingerprint density at radius 1 is 1.14 bits per heavy atom. The van der Waals surface area contributed by atoms with Crippen LogP contribution in [0.15, 0.2) is 4.99 Å². The second kappa shape index (κ2) is 19.4. The topological polar surface area (TPSA) is 110 Å². The number of amides is 1. The predicted molar refractivity (Wildman–Crippen MR) is 179 cm³/mol. The zero-order valence-corrected chi connectivity index (χ0v) is 29.7. The van der Waals surface area contributed by atoms with Crippen LogP contribution in [0.2, 0.25) is 0 Å². The van der Waals surface area contributed by atoms with E-state index in [1.807, 2.05) is 32.0 Å². The number of piperidine rings is 1. The maximum Gasteiger partial charge on any atom is 0.225 e. The fourth-order valence-corrected chi connectivity index (χ4v) is 6.18. The van der Waals surface area contributed by atoms with Gasteiger partial charge in [0.05, 0.1) is 17.7 Å². The Labute approximate surface area is 264 Å². The molecule has 254 valence electrons. The average molecular weight is 612 g/mol. The van der Waals surface area contributed by atoms with Crippen molar-refractivity contribution in [1.82, 2.24) is 20.4 Å². The van der Waals surface area contributed by atoms with Crippen molar-refractivity contribution in [2.45, 2.75) is 125 Å². The molecule has 9 heteroatoms. The Hall–Kier alpha value is -1.10. The minimum Gasteiger partial charge on any atom is -0.390 e. The third-order valence-corrected chi connectivity index (χ3v) is 8.83. The van der Waals surface area contributed by atoms with Crippen molar-refractivity contribution in [2.75, 3.05) is 53.5 Å². The molecule has 5 atom stereocenters. The summed E-state index contributed by atoms with van der Waals surface area (Å²) in [5.74, 6) is 0.377. The monoisotopic (exact) mass is 612 g/mol. The molecule has 3 unspecified atom stereocenters. The van der Waals surface area contributed by atoms with Crippen LogP contribution < -0.4 is 10.6 Å². The van der Waals surface area contributed by atoms with Gasteiger partial charge in [0.2, 0.25) is 5.91 Å². The van der Waals surface area contributed by atoms with E-state index in [0.717, 1.165) is 45.2 Å². The molecule has 4 N–H and O–H groups in total. The van der Waals surface area contributed by atoms with Gasteiger partial charge in [-0.15, -0.1) is 0 Å². The summed E-state index contributed by atoms with van der Waals surface area (Å²) in [4.78, 5) is 22.8. The van der Waals surface area contributed by atoms with Crippen molar-refractivity contribution in [1.29, 1.82) is 0 Å². The summed E-state index contributed by atoms with van der Waals surface area (Å²) in [6, 6.07) is 0.0460. The zero-order valence-electron chi connectivity index (χ0n) is 29.7. The number of hydrogen-bond donors (Lipinski definition) is 4. The summed E-state index contributed by atoms with van der Waals surface area (Å²) >= 11 is 0. The number of aliphatic imine (C=N–C) groups is 1. The van der Waals surface area contributed by atoms with Crippen LogP contribution in [0.5, 0.6) is 0 Å². The van der Waals surface area contributed by atoms with Gasteiger partial charge < -0.3 is 30.5 Å². The van der Waals surface area contributed by atoms with Crippen LogP contribution in [-0.4, -0.2) is 110 Å². The Morgan fingerprint density at radius 3 is 2.23 bits per heavy atom. The van der Waals surface area contributed by atoms with Crippen molar-refractivity contribution in [3.63, 3.8) is 0 Å². The highest BCUT2D eigenvalue weighted by Crippen LogP contribution is 2.30. The van der Waals surface area contributed by atoms with E-state index in [1.54, 1.807) is 7.11 Å². The highest BCUT2D eigenvalue weighted by atomic mass is 16.5. The molecule has 1 aliphatic rings. The number of aliphatic hydroxyl groups is 2. The molecular formula is C34H69N5O4. The van der Waals surface area contributed by atoms with Crippen LogP contribution in [0, 0.1) is 29.1 Å². The highest BCUT2D eigenvalue weighted by molar-refractivity contribution is 5.79. The summed E-state index contributed by atoms with van der Waals surface area (Å²) in [5, 5.41) is 29.6. The van der Waals surface area contributed by atoms with Crippen molar-refractivity contribution in [2.24, 2.45) is 34.1 Å². The number of nitrogens with one attached hydrogen (secondary N) is 2. The molecule has 0 radical (unpaired) electrons. The van der Waals surface area contributed by atoms with Crippen molar-refractivity contribution >= 4 is 12.1 Å². The zero-order chi connectivity index (χ0) is 32.8. The van der Waals surface area contributed by atoms with Crippen LogP contribution in [0.4, 0.5) is 0 Å². The van der Waals surface area contributed by atoms with E-state index in [9.17, 15) is 15.0 Å². The van der Waals surface area contributed by atoms with Gasteiger partial charge in [-0.1, -0.05) is 48.5 Å². The molecule has 0 bridgehead atoms. The molecule has 1 fully saturated rings. The summed E-state index contributed by atoms with van der Waals surface area (Å²) in [7, 11) is 3.63. The molecule has 9 nitrogen and oxygen atoms in total. The van der Waals surface area contributed by atoms with Crippen molar-refractivity contribution < 1.29 is 19.7 Å². The van der Waals surface area contributed by atoms with Gasteiger partial charge in [-0.05, 0) is 83.2 Å². The fraction of sp³-hybridized carbons (Fsp3) is 0.941. The van der Waals surface area contributed by atoms with Crippen molar-refractivity contribution in [3.05, 3.63) is 0 Å². The lowest BCUT2D eigenvalue weighted by atomic mass is 9.82. The first-order chi connectivity index (χ1) is 20.1. The van der Waals surface area contributed by atoms with Gasteiger partial charge in [0, 0.05) is 58.1 Å². The second-order valence-electron chi connectivity index (χ2n) is 14.9. The molecule has 0 aliphatic carbocycles. The molecule has 0 saturated carbocycles. The Morgan fingerprint density at radius 2 is 1.77 bits per heavy atom. The van der Waals surface area contributed by atoms with E-state index >= 15 is 0 Å². The Kier molecular flexibility index (Phi) is 18.0. The molecular weight excluding hydrogens is 542 g/mol. The lowest BCUT2D eigenvalue weighted by molar-refractivity contribution is -0.140. The van der Waals surface area contributed by atoms with Gasteiger partial charge in [0.1, 0.15) is 6.23 Å².